The molecule has 2 fully saturated rings. The predicted molar refractivity (Wildman–Crippen MR) is 186 cm³/mol. The van der Waals surface area contributed by atoms with Gasteiger partial charge in [0.2, 0.25) is 5.91 Å². The van der Waals surface area contributed by atoms with Crippen LogP contribution >= 0.6 is 23.7 Å². The summed E-state index contributed by atoms with van der Waals surface area (Å²) >= 11 is 3.11. The van der Waals surface area contributed by atoms with Gasteiger partial charge in [0, 0.05) is 24.9 Å². The SMILES string of the molecule is C=C(CCc1ccc(C)cc1)SC(=NC)NC(=O)C1CSN(C(/C=C\C)=C/C=C(\C)CCCC2CC2CCC)C(=C)C1. The number of amides is 1. The minimum Gasteiger partial charge on any atom is -0.305 e. The van der Waals surface area contributed by atoms with Gasteiger partial charge in [-0.25, -0.2) is 0 Å². The van der Waals surface area contributed by atoms with Crippen molar-refractivity contribution in [2.45, 2.75) is 85.5 Å². The molecule has 4 nitrogen and oxygen atoms in total. The van der Waals surface area contributed by atoms with E-state index >= 15 is 0 Å². The van der Waals surface area contributed by atoms with Crippen LogP contribution in [0.25, 0.3) is 0 Å². The maximum absolute atomic E-state index is 13.2. The van der Waals surface area contributed by atoms with Crippen LogP contribution in [0.4, 0.5) is 0 Å². The fourth-order valence-electron chi connectivity index (χ4n) is 5.37. The summed E-state index contributed by atoms with van der Waals surface area (Å²) in [5, 5.41) is 3.65. The van der Waals surface area contributed by atoms with Gasteiger partial charge in [-0.05, 0) is 106 Å². The number of aryl methyl sites for hydroxylation is 2. The van der Waals surface area contributed by atoms with Gasteiger partial charge in [-0.15, -0.1) is 0 Å². The van der Waals surface area contributed by atoms with Crippen LogP contribution in [0.5, 0.6) is 0 Å². The lowest BCUT2D eigenvalue weighted by Crippen LogP contribution is -2.38. The molecule has 1 N–H and O–H groups in total. The number of rotatable bonds is 14. The first kappa shape index (κ1) is 34.1. The number of amidine groups is 1. The average molecular weight is 606 g/mol. The van der Waals surface area contributed by atoms with E-state index in [9.17, 15) is 4.79 Å². The molecule has 0 spiro atoms. The molecule has 1 aromatic rings. The summed E-state index contributed by atoms with van der Waals surface area (Å²) < 4.78 is 2.18. The molecule has 6 heteroatoms. The zero-order valence-corrected chi connectivity index (χ0v) is 28.1. The monoisotopic (exact) mass is 605 g/mol. The molecular weight excluding hydrogens is 555 g/mol. The molecule has 0 radical (unpaired) electrons. The Bertz CT molecular complexity index is 1190. The molecule has 1 heterocycles. The van der Waals surface area contributed by atoms with Crippen LogP contribution in [0, 0.1) is 24.7 Å². The standard InChI is InChI=1S/C36H51N3OS2/c1-8-11-31-24-32(31)14-10-13-26(3)17-22-34(12-9-2)39-28(5)23-33(25-41-39)35(40)38-36(37-7)42-29(6)18-21-30-19-15-27(4)16-20-30/h9,12,15-17,19-20,22,31-33H,5-6,8,10-11,13-14,18,21,23-25H2,1-4,7H3,(H,37,38,40)/b12-9-,26-17+,34-22+. The van der Waals surface area contributed by atoms with Gasteiger partial charge in [-0.1, -0.05) is 92.2 Å². The molecule has 1 saturated heterocycles. The number of carbonyl (C=O) groups excluding carboxylic acids is 1. The molecule has 1 amide bonds. The fourth-order valence-corrected chi connectivity index (χ4v) is 7.22. The number of hydrogen-bond donors (Lipinski definition) is 1. The summed E-state index contributed by atoms with van der Waals surface area (Å²) in [7, 11) is 1.71. The topological polar surface area (TPSA) is 44.7 Å². The van der Waals surface area contributed by atoms with Crippen molar-refractivity contribution in [3.8, 4) is 0 Å². The van der Waals surface area contributed by atoms with E-state index < -0.39 is 0 Å². The van der Waals surface area contributed by atoms with Gasteiger partial charge >= 0.3 is 0 Å². The van der Waals surface area contributed by atoms with E-state index in [-0.39, 0.29) is 11.8 Å². The maximum atomic E-state index is 13.2. The average Bonchev–Trinajstić information content (AvgIpc) is 3.72. The van der Waals surface area contributed by atoms with Crippen LogP contribution in [0.15, 0.2) is 88.6 Å². The smallest absolute Gasteiger partial charge is 0.230 e. The Hall–Kier alpha value is -2.44. The van der Waals surface area contributed by atoms with E-state index in [0.717, 1.165) is 47.4 Å². The van der Waals surface area contributed by atoms with Crippen molar-refractivity contribution in [1.29, 1.82) is 0 Å². The molecule has 1 aliphatic heterocycles. The normalized spacial score (nSPS) is 21.6. The Kier molecular flexibility index (Phi) is 14.3. The van der Waals surface area contributed by atoms with Crippen LogP contribution in [0.3, 0.4) is 0 Å². The predicted octanol–water partition coefficient (Wildman–Crippen LogP) is 9.77. The van der Waals surface area contributed by atoms with Crippen LogP contribution < -0.4 is 5.32 Å². The molecule has 0 bridgehead atoms. The number of nitrogens with zero attached hydrogens (tertiary/aromatic N) is 2. The summed E-state index contributed by atoms with van der Waals surface area (Å²) in [6, 6.07) is 8.59. The Labute approximate surface area is 264 Å². The highest BCUT2D eigenvalue weighted by Crippen LogP contribution is 2.45. The van der Waals surface area contributed by atoms with Gasteiger partial charge in [-0.2, -0.15) is 0 Å². The van der Waals surface area contributed by atoms with E-state index in [1.165, 1.54) is 60.6 Å². The zero-order chi connectivity index (χ0) is 30.5. The number of benzene rings is 1. The Morgan fingerprint density at radius 2 is 1.93 bits per heavy atom. The van der Waals surface area contributed by atoms with E-state index in [1.54, 1.807) is 19.0 Å². The summed E-state index contributed by atoms with van der Waals surface area (Å²) in [6.07, 6.45) is 19.0. The lowest BCUT2D eigenvalue weighted by Gasteiger charge is -2.34. The zero-order valence-electron chi connectivity index (χ0n) is 26.5. The van der Waals surface area contributed by atoms with Gasteiger partial charge in [0.15, 0.2) is 5.17 Å². The van der Waals surface area contributed by atoms with Crippen molar-refractivity contribution >= 4 is 34.8 Å². The molecule has 1 aliphatic carbocycles. The molecule has 2 aliphatic rings. The van der Waals surface area contributed by atoms with E-state index in [1.807, 2.05) is 6.92 Å². The minimum atomic E-state index is -0.153. The number of carbonyl (C=O) groups is 1. The number of nitrogens with one attached hydrogen (secondary N) is 1. The molecule has 3 atom stereocenters. The Morgan fingerprint density at radius 1 is 1.19 bits per heavy atom. The van der Waals surface area contributed by atoms with E-state index in [4.69, 9.17) is 0 Å². The molecule has 228 valence electrons. The van der Waals surface area contributed by atoms with Gasteiger partial charge in [-0.3, -0.25) is 14.1 Å². The fraction of sp³-hybridized carbons (Fsp3) is 0.500. The highest BCUT2D eigenvalue weighted by molar-refractivity contribution is 8.17. The van der Waals surface area contributed by atoms with Crippen LogP contribution in [-0.2, 0) is 11.2 Å². The lowest BCUT2D eigenvalue weighted by atomic mass is 10.0. The Balaban J connectivity index is 1.46. The third kappa shape index (κ3) is 11.3. The minimum absolute atomic E-state index is 0.00752. The van der Waals surface area contributed by atoms with Crippen molar-refractivity contribution in [3.05, 3.63) is 94.7 Å². The second-order valence-electron chi connectivity index (χ2n) is 11.7. The van der Waals surface area contributed by atoms with E-state index in [2.05, 4.69) is 97.1 Å². The summed E-state index contributed by atoms with van der Waals surface area (Å²) in [4.78, 5) is 18.5. The maximum Gasteiger partial charge on any atom is 0.230 e. The van der Waals surface area contributed by atoms with Crippen molar-refractivity contribution in [3.63, 3.8) is 0 Å². The first-order chi connectivity index (χ1) is 20.2. The van der Waals surface area contributed by atoms with E-state index in [0.29, 0.717) is 17.3 Å². The van der Waals surface area contributed by atoms with Gasteiger partial charge in [0.1, 0.15) is 0 Å². The lowest BCUT2D eigenvalue weighted by molar-refractivity contribution is -0.122. The van der Waals surface area contributed by atoms with Crippen molar-refractivity contribution in [1.82, 2.24) is 9.62 Å². The van der Waals surface area contributed by atoms with Gasteiger partial charge in [0.05, 0.1) is 11.6 Å². The Morgan fingerprint density at radius 3 is 2.60 bits per heavy atom. The summed E-state index contributed by atoms with van der Waals surface area (Å²) in [5.74, 6) is 2.51. The second kappa shape index (κ2) is 17.6. The van der Waals surface area contributed by atoms with Gasteiger partial charge in [0.25, 0.3) is 0 Å². The molecule has 0 aromatic heterocycles. The largest absolute Gasteiger partial charge is 0.305 e. The molecule has 3 unspecified atom stereocenters. The van der Waals surface area contributed by atoms with Crippen molar-refractivity contribution < 1.29 is 4.79 Å². The number of aliphatic imine (C=N–C) groups is 1. The third-order valence-electron chi connectivity index (χ3n) is 8.02. The molecule has 1 aromatic carbocycles. The third-order valence-corrected chi connectivity index (χ3v) is 10.3. The van der Waals surface area contributed by atoms with Crippen molar-refractivity contribution in [2.24, 2.45) is 22.7 Å². The summed E-state index contributed by atoms with van der Waals surface area (Å²) in [5.41, 5.74) is 6.01. The first-order valence-electron chi connectivity index (χ1n) is 15.5. The van der Waals surface area contributed by atoms with Gasteiger partial charge < -0.3 is 5.32 Å². The highest BCUT2D eigenvalue weighted by Gasteiger charge is 2.34. The first-order valence-corrected chi connectivity index (χ1v) is 17.3. The number of hydrogen-bond acceptors (Lipinski definition) is 5. The number of allylic oxidation sites excluding steroid dienone is 7. The highest BCUT2D eigenvalue weighted by atomic mass is 32.2. The van der Waals surface area contributed by atoms with Crippen molar-refractivity contribution in [2.75, 3.05) is 12.8 Å². The molecule has 42 heavy (non-hydrogen) atoms. The summed E-state index contributed by atoms with van der Waals surface area (Å²) in [6.45, 7) is 17.2. The molecule has 1 saturated carbocycles. The molecule has 3 rings (SSSR count). The molecular formula is C36H51N3OS2. The van der Waals surface area contributed by atoms with Crippen LogP contribution in [-0.4, -0.2) is 28.2 Å². The second-order valence-corrected chi connectivity index (χ2v) is 13.9. The quantitative estimate of drug-likeness (QED) is 0.0992. The number of thioether (sulfide) groups is 1. The van der Waals surface area contributed by atoms with Crippen LogP contribution in [0.2, 0.25) is 0 Å². The van der Waals surface area contributed by atoms with Crippen LogP contribution in [0.1, 0.15) is 83.3 Å².